The molecule has 7 heteroatoms. The van der Waals surface area contributed by atoms with Gasteiger partial charge < -0.3 is 19.7 Å². The zero-order chi connectivity index (χ0) is 19.1. The average Bonchev–Trinajstić information content (AvgIpc) is 2.70. The van der Waals surface area contributed by atoms with Gasteiger partial charge in [-0.1, -0.05) is 0 Å². The largest absolute Gasteiger partial charge is 0.456 e. The van der Waals surface area contributed by atoms with Gasteiger partial charge in [0, 0.05) is 30.9 Å². The highest BCUT2D eigenvalue weighted by molar-refractivity contribution is 5.94. The highest BCUT2D eigenvalue weighted by atomic mass is 16.6. The Hall–Kier alpha value is -3.09. The summed E-state index contributed by atoms with van der Waals surface area (Å²) in [6.45, 7) is 3.33. The Morgan fingerprint density at radius 1 is 1.15 bits per heavy atom. The lowest BCUT2D eigenvalue weighted by atomic mass is 10.0. The summed E-state index contributed by atoms with van der Waals surface area (Å²) in [4.78, 5) is 29.8. The van der Waals surface area contributed by atoms with Gasteiger partial charge >= 0.3 is 6.09 Å². The van der Waals surface area contributed by atoms with Crippen molar-refractivity contribution in [2.24, 2.45) is 0 Å². The van der Waals surface area contributed by atoms with Gasteiger partial charge in [0.15, 0.2) is 0 Å². The van der Waals surface area contributed by atoms with E-state index in [1.54, 1.807) is 54.5 Å². The zero-order valence-corrected chi connectivity index (χ0v) is 15.3. The summed E-state index contributed by atoms with van der Waals surface area (Å²) in [6, 6.07) is 10.6. The van der Waals surface area contributed by atoms with E-state index in [1.807, 2.05) is 6.07 Å². The number of rotatable bonds is 5. The fraction of sp³-hybridized carbons (Fsp3) is 0.350. The lowest BCUT2D eigenvalue weighted by molar-refractivity contribution is 0.0860. The van der Waals surface area contributed by atoms with Crippen LogP contribution in [0.1, 0.15) is 30.1 Å². The second-order valence-electron chi connectivity index (χ2n) is 6.25. The van der Waals surface area contributed by atoms with Crippen molar-refractivity contribution in [3.05, 3.63) is 54.4 Å². The Morgan fingerprint density at radius 3 is 2.52 bits per heavy atom. The number of aromatic nitrogens is 1. The van der Waals surface area contributed by atoms with E-state index in [4.69, 9.17) is 9.47 Å². The van der Waals surface area contributed by atoms with Crippen LogP contribution in [0.3, 0.4) is 0 Å². The minimum atomic E-state index is -0.286. The fourth-order valence-electron chi connectivity index (χ4n) is 2.91. The van der Waals surface area contributed by atoms with E-state index in [-0.39, 0.29) is 18.0 Å². The van der Waals surface area contributed by atoms with Crippen molar-refractivity contribution in [3.63, 3.8) is 0 Å². The van der Waals surface area contributed by atoms with Gasteiger partial charge in [0.25, 0.3) is 5.91 Å². The summed E-state index contributed by atoms with van der Waals surface area (Å²) in [7, 11) is 0. The molecule has 0 aliphatic carbocycles. The second-order valence-corrected chi connectivity index (χ2v) is 6.25. The molecule has 1 aromatic carbocycles. The number of hydrogen-bond donors (Lipinski definition) is 1. The van der Waals surface area contributed by atoms with Gasteiger partial charge in [0.05, 0.1) is 12.8 Å². The Balaban J connectivity index is 1.49. The highest BCUT2D eigenvalue weighted by Gasteiger charge is 2.24. The molecule has 0 bridgehead atoms. The molecule has 1 aliphatic heterocycles. The van der Waals surface area contributed by atoms with Gasteiger partial charge in [0.1, 0.15) is 11.5 Å². The molecule has 1 aliphatic rings. The second kappa shape index (κ2) is 9.02. The van der Waals surface area contributed by atoms with Gasteiger partial charge in [-0.15, -0.1) is 0 Å². The van der Waals surface area contributed by atoms with Gasteiger partial charge in [-0.2, -0.15) is 0 Å². The van der Waals surface area contributed by atoms with Crippen molar-refractivity contribution < 1.29 is 19.1 Å². The number of nitrogens with one attached hydrogen (secondary N) is 1. The average molecular weight is 369 g/mol. The van der Waals surface area contributed by atoms with E-state index in [2.05, 4.69) is 10.3 Å². The topological polar surface area (TPSA) is 80.8 Å². The molecule has 2 heterocycles. The molecule has 0 atom stereocenters. The first kappa shape index (κ1) is 18.7. The molecule has 0 spiro atoms. The molecule has 3 rings (SSSR count). The SMILES string of the molecule is CCOC(=O)N1CCC(NC(=O)c2ccc(Oc3cccnc3)cc2)CC1. The van der Waals surface area contributed by atoms with E-state index in [1.165, 1.54) is 0 Å². The number of benzene rings is 1. The molecular formula is C20H23N3O4. The normalized spacial score (nSPS) is 14.5. The Labute approximate surface area is 158 Å². The van der Waals surface area contributed by atoms with E-state index in [9.17, 15) is 9.59 Å². The maximum absolute atomic E-state index is 12.4. The quantitative estimate of drug-likeness (QED) is 0.875. The smallest absolute Gasteiger partial charge is 0.409 e. The Morgan fingerprint density at radius 2 is 1.89 bits per heavy atom. The van der Waals surface area contributed by atoms with Gasteiger partial charge in [-0.05, 0) is 56.2 Å². The number of nitrogens with zero attached hydrogens (tertiary/aromatic N) is 2. The summed E-state index contributed by atoms with van der Waals surface area (Å²) in [5.41, 5.74) is 0.571. The lowest BCUT2D eigenvalue weighted by Gasteiger charge is -2.31. The minimum absolute atomic E-state index is 0.0505. The van der Waals surface area contributed by atoms with E-state index >= 15 is 0 Å². The third-order valence-corrected chi connectivity index (χ3v) is 4.34. The summed E-state index contributed by atoms with van der Waals surface area (Å²) < 4.78 is 10.7. The third-order valence-electron chi connectivity index (χ3n) is 4.34. The number of amides is 2. The van der Waals surface area contributed by atoms with Gasteiger partial charge in [0.2, 0.25) is 0 Å². The van der Waals surface area contributed by atoms with Crippen molar-refractivity contribution in [2.75, 3.05) is 19.7 Å². The van der Waals surface area contributed by atoms with Crippen molar-refractivity contribution in [3.8, 4) is 11.5 Å². The molecule has 0 unspecified atom stereocenters. The van der Waals surface area contributed by atoms with Crippen molar-refractivity contribution in [2.45, 2.75) is 25.8 Å². The number of pyridine rings is 1. The molecule has 0 saturated carbocycles. The van der Waals surface area contributed by atoms with Crippen LogP contribution in [0.5, 0.6) is 11.5 Å². The number of carbonyl (C=O) groups excluding carboxylic acids is 2. The number of hydrogen-bond acceptors (Lipinski definition) is 5. The monoisotopic (exact) mass is 369 g/mol. The first-order valence-electron chi connectivity index (χ1n) is 9.06. The zero-order valence-electron chi connectivity index (χ0n) is 15.3. The summed E-state index contributed by atoms with van der Waals surface area (Å²) >= 11 is 0. The van der Waals surface area contributed by atoms with Crippen LogP contribution < -0.4 is 10.1 Å². The number of likely N-dealkylation sites (tertiary alicyclic amines) is 1. The highest BCUT2D eigenvalue weighted by Crippen LogP contribution is 2.20. The van der Waals surface area contributed by atoms with Crippen LogP contribution in [-0.2, 0) is 4.74 Å². The van der Waals surface area contributed by atoms with Crippen molar-refractivity contribution >= 4 is 12.0 Å². The van der Waals surface area contributed by atoms with Crippen LogP contribution >= 0.6 is 0 Å². The van der Waals surface area contributed by atoms with Crippen LogP contribution in [0.2, 0.25) is 0 Å². The van der Waals surface area contributed by atoms with Crippen LogP contribution in [0.25, 0.3) is 0 Å². The number of ether oxygens (including phenoxy) is 2. The molecule has 142 valence electrons. The Kier molecular flexibility index (Phi) is 6.25. The van der Waals surface area contributed by atoms with Crippen molar-refractivity contribution in [1.29, 1.82) is 0 Å². The molecule has 2 amide bonds. The first-order valence-corrected chi connectivity index (χ1v) is 9.06. The van der Waals surface area contributed by atoms with Crippen LogP contribution in [0, 0.1) is 0 Å². The summed E-state index contributed by atoms with van der Waals surface area (Å²) in [5, 5.41) is 3.03. The third kappa shape index (κ3) is 5.20. The minimum Gasteiger partial charge on any atom is -0.456 e. The Bertz CT molecular complexity index is 757. The standard InChI is InChI=1S/C20H23N3O4/c1-2-26-20(25)23-12-9-16(10-13-23)22-19(24)15-5-7-17(8-6-15)27-18-4-3-11-21-14-18/h3-8,11,14,16H,2,9-10,12-13H2,1H3,(H,22,24). The molecule has 1 aromatic heterocycles. The van der Waals surface area contributed by atoms with Crippen LogP contribution in [0.15, 0.2) is 48.8 Å². The van der Waals surface area contributed by atoms with Gasteiger partial charge in [-0.25, -0.2) is 4.79 Å². The van der Waals surface area contributed by atoms with Gasteiger partial charge in [-0.3, -0.25) is 9.78 Å². The molecule has 1 N–H and O–H groups in total. The van der Waals surface area contributed by atoms with Crippen LogP contribution in [-0.4, -0.2) is 47.6 Å². The number of piperidine rings is 1. The lowest BCUT2D eigenvalue weighted by Crippen LogP contribution is -2.46. The van der Waals surface area contributed by atoms with E-state index < -0.39 is 0 Å². The van der Waals surface area contributed by atoms with E-state index in [0.29, 0.717) is 49.6 Å². The molecule has 2 aromatic rings. The molecule has 7 nitrogen and oxygen atoms in total. The maximum atomic E-state index is 12.4. The van der Waals surface area contributed by atoms with Crippen LogP contribution in [0.4, 0.5) is 4.79 Å². The summed E-state index contributed by atoms with van der Waals surface area (Å²) in [6.07, 6.45) is 4.45. The molecule has 1 fully saturated rings. The first-order chi connectivity index (χ1) is 13.2. The predicted octanol–water partition coefficient (Wildman–Crippen LogP) is 3.22. The fourth-order valence-corrected chi connectivity index (χ4v) is 2.91. The maximum Gasteiger partial charge on any atom is 0.409 e. The summed E-state index contributed by atoms with van der Waals surface area (Å²) in [5.74, 6) is 1.16. The molecule has 0 radical (unpaired) electrons. The van der Waals surface area contributed by atoms with E-state index in [0.717, 1.165) is 0 Å². The molecule has 27 heavy (non-hydrogen) atoms. The predicted molar refractivity (Wildman–Crippen MR) is 99.8 cm³/mol. The molecule has 1 saturated heterocycles. The van der Waals surface area contributed by atoms with Crippen molar-refractivity contribution in [1.82, 2.24) is 15.2 Å². The number of carbonyl (C=O) groups is 2. The molecular weight excluding hydrogens is 346 g/mol.